The van der Waals surface area contributed by atoms with E-state index in [9.17, 15) is 0 Å². The summed E-state index contributed by atoms with van der Waals surface area (Å²) in [7, 11) is 3.85. The zero-order chi connectivity index (χ0) is 12.3. The third-order valence-electron chi connectivity index (χ3n) is 3.40. The molecule has 0 atom stereocenters. The van der Waals surface area contributed by atoms with Gasteiger partial charge in [0.05, 0.1) is 0 Å². The van der Waals surface area contributed by atoms with Crippen molar-refractivity contribution in [1.82, 2.24) is 15.5 Å². The van der Waals surface area contributed by atoms with Gasteiger partial charge in [-0.2, -0.15) is 4.98 Å². The quantitative estimate of drug-likeness (QED) is 0.866. The SMILES string of the molecule is CCNC1CCC(c2nc(N(C)C)no2)CC1. The highest BCUT2D eigenvalue weighted by molar-refractivity contribution is 5.24. The molecular formula is C12H22N4O. The Morgan fingerprint density at radius 1 is 1.29 bits per heavy atom. The third-order valence-corrected chi connectivity index (χ3v) is 3.40. The highest BCUT2D eigenvalue weighted by Crippen LogP contribution is 2.32. The van der Waals surface area contributed by atoms with Crippen LogP contribution in [0.25, 0.3) is 0 Å². The monoisotopic (exact) mass is 238 g/mol. The molecule has 1 fully saturated rings. The van der Waals surface area contributed by atoms with Gasteiger partial charge in [0.15, 0.2) is 0 Å². The van der Waals surface area contributed by atoms with Gasteiger partial charge in [-0.1, -0.05) is 6.92 Å². The van der Waals surface area contributed by atoms with E-state index >= 15 is 0 Å². The van der Waals surface area contributed by atoms with E-state index in [1.165, 1.54) is 12.8 Å². The molecule has 5 nitrogen and oxygen atoms in total. The number of hydrogen-bond donors (Lipinski definition) is 1. The summed E-state index contributed by atoms with van der Waals surface area (Å²) in [4.78, 5) is 6.30. The predicted octanol–water partition coefficient (Wildman–Crippen LogP) is 1.77. The lowest BCUT2D eigenvalue weighted by Crippen LogP contribution is -2.32. The van der Waals surface area contributed by atoms with E-state index in [-0.39, 0.29) is 0 Å². The van der Waals surface area contributed by atoms with Crippen LogP contribution in [0.3, 0.4) is 0 Å². The van der Waals surface area contributed by atoms with Gasteiger partial charge in [0, 0.05) is 26.1 Å². The lowest BCUT2D eigenvalue weighted by molar-refractivity contribution is 0.284. The normalized spacial score (nSPS) is 24.9. The maximum absolute atomic E-state index is 5.34. The number of nitrogens with zero attached hydrogens (tertiary/aromatic N) is 3. The van der Waals surface area contributed by atoms with Crippen LogP contribution in [-0.2, 0) is 0 Å². The number of aromatic nitrogens is 2. The molecule has 1 aliphatic carbocycles. The number of rotatable bonds is 4. The Hall–Kier alpha value is -1.10. The van der Waals surface area contributed by atoms with Crippen LogP contribution >= 0.6 is 0 Å². The fraction of sp³-hybridized carbons (Fsp3) is 0.833. The fourth-order valence-corrected chi connectivity index (χ4v) is 2.41. The summed E-state index contributed by atoms with van der Waals surface area (Å²) >= 11 is 0. The van der Waals surface area contributed by atoms with Crippen LogP contribution in [0.15, 0.2) is 4.52 Å². The minimum Gasteiger partial charge on any atom is -0.344 e. The molecular weight excluding hydrogens is 216 g/mol. The van der Waals surface area contributed by atoms with Crippen LogP contribution in [0.1, 0.15) is 44.4 Å². The summed E-state index contributed by atoms with van der Waals surface area (Å²) in [5, 5.41) is 7.48. The summed E-state index contributed by atoms with van der Waals surface area (Å²) in [6.07, 6.45) is 4.70. The lowest BCUT2D eigenvalue weighted by Gasteiger charge is -2.26. The molecule has 2 rings (SSSR count). The standard InChI is InChI=1S/C12H22N4O/c1-4-13-10-7-5-9(6-8-10)11-14-12(15-17-11)16(2)3/h9-10,13H,4-8H2,1-3H3. The Kier molecular flexibility index (Phi) is 3.99. The Morgan fingerprint density at radius 3 is 2.53 bits per heavy atom. The average Bonchev–Trinajstić information content (AvgIpc) is 2.80. The van der Waals surface area contributed by atoms with Crippen molar-refractivity contribution in [3.63, 3.8) is 0 Å². The van der Waals surface area contributed by atoms with Gasteiger partial charge in [0.1, 0.15) is 0 Å². The maximum atomic E-state index is 5.34. The summed E-state index contributed by atoms with van der Waals surface area (Å²) in [6, 6.07) is 0.674. The van der Waals surface area contributed by atoms with Crippen LogP contribution in [0.4, 0.5) is 5.95 Å². The van der Waals surface area contributed by atoms with Crippen molar-refractivity contribution in [1.29, 1.82) is 0 Å². The van der Waals surface area contributed by atoms with Crippen LogP contribution in [-0.4, -0.2) is 36.8 Å². The maximum Gasteiger partial charge on any atom is 0.265 e. The molecule has 96 valence electrons. The van der Waals surface area contributed by atoms with Crippen molar-refractivity contribution < 1.29 is 4.52 Å². The van der Waals surface area contributed by atoms with E-state index < -0.39 is 0 Å². The Labute approximate surface area is 103 Å². The van der Waals surface area contributed by atoms with Crippen molar-refractivity contribution in [3.05, 3.63) is 5.89 Å². The van der Waals surface area contributed by atoms with Crippen LogP contribution in [0, 0.1) is 0 Å². The van der Waals surface area contributed by atoms with E-state index in [1.807, 2.05) is 19.0 Å². The zero-order valence-electron chi connectivity index (χ0n) is 10.9. The zero-order valence-corrected chi connectivity index (χ0v) is 10.9. The highest BCUT2D eigenvalue weighted by atomic mass is 16.5. The fourth-order valence-electron chi connectivity index (χ4n) is 2.41. The molecule has 0 amide bonds. The minimum absolute atomic E-state index is 0.450. The molecule has 1 aromatic rings. The van der Waals surface area contributed by atoms with E-state index in [1.54, 1.807) is 0 Å². The summed E-state index contributed by atoms with van der Waals surface area (Å²) in [5.41, 5.74) is 0. The van der Waals surface area contributed by atoms with Crippen molar-refractivity contribution >= 4 is 5.95 Å². The van der Waals surface area contributed by atoms with Gasteiger partial charge < -0.3 is 14.7 Å². The second-order valence-electron chi connectivity index (χ2n) is 4.93. The van der Waals surface area contributed by atoms with Gasteiger partial charge in [-0.15, -0.1) is 0 Å². The van der Waals surface area contributed by atoms with Crippen molar-refractivity contribution in [2.24, 2.45) is 0 Å². The van der Waals surface area contributed by atoms with Gasteiger partial charge in [-0.05, 0) is 37.4 Å². The molecule has 1 N–H and O–H groups in total. The largest absolute Gasteiger partial charge is 0.344 e. The second kappa shape index (κ2) is 5.49. The Balaban J connectivity index is 1.91. The van der Waals surface area contributed by atoms with Gasteiger partial charge in [-0.25, -0.2) is 0 Å². The van der Waals surface area contributed by atoms with E-state index in [2.05, 4.69) is 22.4 Å². The molecule has 0 spiro atoms. The first-order valence-electron chi connectivity index (χ1n) is 6.45. The predicted molar refractivity (Wildman–Crippen MR) is 67.3 cm³/mol. The van der Waals surface area contributed by atoms with Gasteiger partial charge in [0.25, 0.3) is 5.95 Å². The summed E-state index contributed by atoms with van der Waals surface area (Å²) in [6.45, 7) is 3.22. The Morgan fingerprint density at radius 2 is 2.00 bits per heavy atom. The minimum atomic E-state index is 0.450. The topological polar surface area (TPSA) is 54.2 Å². The molecule has 0 unspecified atom stereocenters. The summed E-state index contributed by atoms with van der Waals surface area (Å²) in [5.74, 6) is 1.93. The number of nitrogens with one attached hydrogen (secondary N) is 1. The van der Waals surface area contributed by atoms with Crippen molar-refractivity contribution in [3.8, 4) is 0 Å². The average molecular weight is 238 g/mol. The molecule has 1 saturated carbocycles. The molecule has 1 heterocycles. The van der Waals surface area contributed by atoms with Crippen LogP contribution in [0.5, 0.6) is 0 Å². The van der Waals surface area contributed by atoms with Crippen LogP contribution < -0.4 is 10.2 Å². The van der Waals surface area contributed by atoms with Crippen LogP contribution in [0.2, 0.25) is 0 Å². The first kappa shape index (κ1) is 12.4. The third kappa shape index (κ3) is 2.97. The molecule has 0 saturated heterocycles. The van der Waals surface area contributed by atoms with Gasteiger partial charge >= 0.3 is 0 Å². The first-order chi connectivity index (χ1) is 8.20. The number of hydrogen-bond acceptors (Lipinski definition) is 5. The first-order valence-corrected chi connectivity index (χ1v) is 6.45. The van der Waals surface area contributed by atoms with Crippen molar-refractivity contribution in [2.75, 3.05) is 25.5 Å². The molecule has 1 aliphatic rings. The second-order valence-corrected chi connectivity index (χ2v) is 4.93. The van der Waals surface area contributed by atoms with Crippen molar-refractivity contribution in [2.45, 2.75) is 44.6 Å². The molecule has 0 aliphatic heterocycles. The van der Waals surface area contributed by atoms with E-state index in [0.717, 1.165) is 25.3 Å². The molecule has 0 aromatic carbocycles. The molecule has 17 heavy (non-hydrogen) atoms. The Bertz CT molecular complexity index is 342. The molecule has 5 heteroatoms. The summed E-state index contributed by atoms with van der Waals surface area (Å²) < 4.78 is 5.34. The van der Waals surface area contributed by atoms with E-state index in [0.29, 0.717) is 17.9 Å². The molecule has 1 aromatic heterocycles. The lowest BCUT2D eigenvalue weighted by atomic mass is 9.86. The van der Waals surface area contributed by atoms with E-state index in [4.69, 9.17) is 4.52 Å². The number of anilines is 1. The van der Waals surface area contributed by atoms with Gasteiger partial charge in [0.2, 0.25) is 5.89 Å². The highest BCUT2D eigenvalue weighted by Gasteiger charge is 2.26. The van der Waals surface area contributed by atoms with Gasteiger partial charge in [-0.3, -0.25) is 0 Å². The smallest absolute Gasteiger partial charge is 0.265 e. The molecule has 0 bridgehead atoms. The molecule has 0 radical (unpaired) electrons.